The highest BCUT2D eigenvalue weighted by molar-refractivity contribution is 5.98. The number of ketones is 1. The van der Waals surface area contributed by atoms with Crippen molar-refractivity contribution >= 4 is 53.1 Å². The van der Waals surface area contributed by atoms with Crippen molar-refractivity contribution in [3.8, 4) is 5.75 Å². The second-order valence-electron chi connectivity index (χ2n) is 18.7. The Morgan fingerprint density at radius 3 is 2.00 bits per heavy atom. The van der Waals surface area contributed by atoms with E-state index in [0.29, 0.717) is 18.4 Å². The summed E-state index contributed by atoms with van der Waals surface area (Å²) in [5, 5.41) is 32.1. The molecule has 19 heteroatoms. The lowest BCUT2D eigenvalue weighted by atomic mass is 9.91. The predicted octanol–water partition coefficient (Wildman–Crippen LogP) is 1.59. The van der Waals surface area contributed by atoms with Crippen LogP contribution in [-0.2, 0) is 54.3 Å². The van der Waals surface area contributed by atoms with E-state index in [1.165, 1.54) is 31.0 Å². The van der Waals surface area contributed by atoms with Gasteiger partial charge < -0.3 is 51.8 Å². The molecule has 368 valence electrons. The van der Waals surface area contributed by atoms with Gasteiger partial charge in [0.1, 0.15) is 60.1 Å². The van der Waals surface area contributed by atoms with Crippen molar-refractivity contribution in [1.82, 2.24) is 31.1 Å². The third-order valence-electron chi connectivity index (χ3n) is 12.8. The highest BCUT2D eigenvalue weighted by Crippen LogP contribution is 2.27. The Kier molecular flexibility index (Phi) is 20.6. The number of rotatable bonds is 16. The van der Waals surface area contributed by atoms with E-state index in [9.17, 15) is 53.4 Å². The Hall–Kier alpha value is -5.59. The topological polar surface area (TPSA) is 284 Å². The van der Waals surface area contributed by atoms with E-state index in [2.05, 4.69) is 21.3 Å². The van der Waals surface area contributed by atoms with Crippen molar-refractivity contribution in [1.29, 1.82) is 0 Å². The van der Waals surface area contributed by atoms with Crippen LogP contribution in [0.2, 0.25) is 0 Å². The van der Waals surface area contributed by atoms with Gasteiger partial charge >= 0.3 is 5.97 Å². The van der Waals surface area contributed by atoms with Gasteiger partial charge in [-0.2, -0.15) is 0 Å². The molecule has 2 heterocycles. The van der Waals surface area contributed by atoms with Crippen LogP contribution in [0.4, 0.5) is 0 Å². The number of esters is 1. The van der Waals surface area contributed by atoms with Crippen LogP contribution in [0.25, 0.3) is 0 Å². The van der Waals surface area contributed by atoms with Gasteiger partial charge in [-0.1, -0.05) is 80.4 Å². The molecule has 0 spiro atoms. The first-order valence-corrected chi connectivity index (χ1v) is 23.2. The van der Waals surface area contributed by atoms with Gasteiger partial charge in [0.15, 0.2) is 0 Å². The number of carbonyl (C=O) groups is 9. The number of aliphatic hydroxyl groups is 1. The summed E-state index contributed by atoms with van der Waals surface area (Å²) < 4.78 is 5.93. The molecule has 7 amide bonds. The quantitative estimate of drug-likeness (QED) is 0.117. The molecule has 2 aliphatic rings. The van der Waals surface area contributed by atoms with Crippen LogP contribution >= 0.6 is 0 Å². The lowest BCUT2D eigenvalue weighted by Crippen LogP contribution is -2.62. The monoisotopic (exact) mass is 928 g/mol. The minimum Gasteiger partial charge on any atom is -0.508 e. The molecule has 19 nitrogen and oxygen atoms in total. The number of amides is 7. The van der Waals surface area contributed by atoms with Crippen LogP contribution in [0.1, 0.15) is 119 Å². The second kappa shape index (κ2) is 24.8. The highest BCUT2D eigenvalue weighted by Gasteiger charge is 2.46. The number of aromatic hydroxyl groups is 1. The molecule has 0 saturated carbocycles. The fraction of sp³-hybridized carbons (Fsp3) is 0.681. The first kappa shape index (κ1) is 54.7. The standard InChI is InChI=1S/C47H73N7O12/c1-11-26(7)38-46(64)53(10)34(22-29-13-16-31(55)17-14-29)43(61)51-39(27(8)12-2)47(65)66-28(9)40(52-41(59)30(15-19-36(48)57)23-35(56)25(5)6)44(62)49-32(21-24(3)4)45(63)54-33(42(60)50-38)18-20-37(54)58/h13-14,16-17,24-28,30,32-34,37-40,55,58H,11-12,15,18-23H2,1-10H3,(H2,48,57)(H,49,62)(H,50,60)(H,51,61)(H,52,59)/t26-,27-,28+,30+,32-,33+,34-,37?,38-,39-,40-/m0/s1. The maximum Gasteiger partial charge on any atom is 0.329 e. The molecular weight excluding hydrogens is 855 g/mol. The number of Topliss-reactive ketones (excluding diaryl/α,β-unsaturated/α-hetero) is 1. The number of cyclic esters (lactones) is 1. The van der Waals surface area contributed by atoms with Crippen LogP contribution in [-0.4, -0.2) is 129 Å². The van der Waals surface area contributed by atoms with Gasteiger partial charge in [-0.3, -0.25) is 38.4 Å². The maximum absolute atomic E-state index is 14.6. The zero-order chi connectivity index (χ0) is 49.7. The molecule has 1 aromatic rings. The smallest absolute Gasteiger partial charge is 0.329 e. The lowest BCUT2D eigenvalue weighted by molar-refractivity contribution is -0.158. The van der Waals surface area contributed by atoms with Crippen LogP contribution in [0.15, 0.2) is 24.3 Å². The number of nitrogens with two attached hydrogens (primary N) is 1. The van der Waals surface area contributed by atoms with E-state index in [4.69, 9.17) is 10.5 Å². The van der Waals surface area contributed by atoms with E-state index in [0.717, 1.165) is 4.90 Å². The number of hydrogen-bond donors (Lipinski definition) is 7. The summed E-state index contributed by atoms with van der Waals surface area (Å²) in [6, 6.07) is -2.27. The minimum absolute atomic E-state index is 0.00437. The van der Waals surface area contributed by atoms with Crippen molar-refractivity contribution in [3.63, 3.8) is 0 Å². The number of primary amides is 1. The van der Waals surface area contributed by atoms with Gasteiger partial charge in [0.2, 0.25) is 41.4 Å². The number of phenols is 1. The zero-order valence-corrected chi connectivity index (χ0v) is 40.1. The molecule has 0 bridgehead atoms. The summed E-state index contributed by atoms with van der Waals surface area (Å²) in [6.07, 6.45) is -2.97. The highest BCUT2D eigenvalue weighted by atomic mass is 16.5. The van der Waals surface area contributed by atoms with Crippen LogP contribution in [0.3, 0.4) is 0 Å². The summed E-state index contributed by atoms with van der Waals surface area (Å²) in [6.45, 7) is 15.2. The first-order valence-electron chi connectivity index (χ1n) is 23.2. The second-order valence-corrected chi connectivity index (χ2v) is 18.7. The van der Waals surface area contributed by atoms with E-state index in [1.54, 1.807) is 60.6 Å². The van der Waals surface area contributed by atoms with Crippen molar-refractivity contribution in [2.75, 3.05) is 7.05 Å². The number of fused-ring (bicyclic) bond motifs is 1. The van der Waals surface area contributed by atoms with Crippen molar-refractivity contribution in [2.45, 2.75) is 169 Å². The summed E-state index contributed by atoms with van der Waals surface area (Å²) in [7, 11) is 1.40. The third kappa shape index (κ3) is 14.7. The van der Waals surface area contributed by atoms with Crippen LogP contribution in [0.5, 0.6) is 5.75 Å². The van der Waals surface area contributed by atoms with Gasteiger partial charge in [0.25, 0.3) is 0 Å². The van der Waals surface area contributed by atoms with E-state index >= 15 is 0 Å². The molecule has 0 aliphatic carbocycles. The number of carbonyl (C=O) groups excluding carboxylic acids is 9. The average Bonchev–Trinajstić information content (AvgIpc) is 3.65. The Morgan fingerprint density at radius 2 is 1.44 bits per heavy atom. The number of aliphatic hydroxyl groups excluding tert-OH is 1. The molecule has 2 saturated heterocycles. The van der Waals surface area contributed by atoms with Gasteiger partial charge in [-0.25, -0.2) is 4.79 Å². The van der Waals surface area contributed by atoms with Crippen molar-refractivity contribution in [2.24, 2.45) is 35.3 Å². The Balaban J connectivity index is 2.27. The molecule has 1 aromatic carbocycles. The Labute approximate surface area is 388 Å². The zero-order valence-electron chi connectivity index (χ0n) is 40.1. The molecule has 0 radical (unpaired) electrons. The number of nitrogens with zero attached hydrogens (tertiary/aromatic N) is 2. The maximum atomic E-state index is 14.6. The lowest BCUT2D eigenvalue weighted by Gasteiger charge is -2.35. The molecular formula is C47H73N7O12. The van der Waals surface area contributed by atoms with Crippen LogP contribution < -0.4 is 27.0 Å². The Bertz CT molecular complexity index is 1910. The van der Waals surface area contributed by atoms with E-state index in [-0.39, 0.29) is 62.4 Å². The number of nitrogens with one attached hydrogen (secondary N) is 4. The number of ether oxygens (including phenoxy) is 1. The van der Waals surface area contributed by atoms with Gasteiger partial charge in [0, 0.05) is 38.1 Å². The molecule has 11 atom stereocenters. The molecule has 2 fully saturated rings. The Morgan fingerprint density at radius 1 is 0.848 bits per heavy atom. The van der Waals surface area contributed by atoms with Crippen molar-refractivity contribution in [3.05, 3.63) is 29.8 Å². The largest absolute Gasteiger partial charge is 0.508 e. The number of benzene rings is 1. The molecule has 8 N–H and O–H groups in total. The minimum atomic E-state index is -1.73. The third-order valence-corrected chi connectivity index (χ3v) is 12.8. The molecule has 1 unspecified atom stereocenters. The van der Waals surface area contributed by atoms with E-state index < -0.39 is 120 Å². The van der Waals surface area contributed by atoms with Crippen LogP contribution in [0, 0.1) is 29.6 Å². The number of likely N-dealkylation sites (N-methyl/N-ethyl adjacent to an activating group) is 1. The average molecular weight is 928 g/mol. The predicted molar refractivity (Wildman–Crippen MR) is 242 cm³/mol. The fourth-order valence-electron chi connectivity index (χ4n) is 8.08. The van der Waals surface area contributed by atoms with E-state index in [1.807, 2.05) is 6.92 Å². The number of phenolic OH excluding ortho intramolecular Hbond substituents is 1. The first-order chi connectivity index (χ1) is 30.9. The molecule has 66 heavy (non-hydrogen) atoms. The fourth-order valence-corrected chi connectivity index (χ4v) is 8.08. The van der Waals surface area contributed by atoms with Gasteiger partial charge in [-0.15, -0.1) is 0 Å². The van der Waals surface area contributed by atoms with Crippen molar-refractivity contribution < 1.29 is 58.1 Å². The summed E-state index contributed by atoms with van der Waals surface area (Å²) in [4.78, 5) is 128. The molecule has 2 aliphatic heterocycles. The SMILES string of the molecule is CC[C@H](C)[C@@H]1NC(=O)[C@H](Cc2ccc(O)cc2)N(C)C(=O)[C@H]([C@@H](C)CC)NC(=O)[C@H]2CCC(O)N2C(=O)[C@H](CC(C)C)NC(=O)[C@@H](NC(=O)[C@H](CCC(N)=O)CC(=O)C(C)C)[C@@H](C)OC1=O. The number of hydrogen-bond acceptors (Lipinski definition) is 12. The molecule has 0 aromatic heterocycles. The van der Waals surface area contributed by atoms with Gasteiger partial charge in [0.05, 0.1) is 0 Å². The summed E-state index contributed by atoms with van der Waals surface area (Å²) in [5.41, 5.74) is 5.95. The molecule has 3 rings (SSSR count). The summed E-state index contributed by atoms with van der Waals surface area (Å²) >= 11 is 0. The summed E-state index contributed by atoms with van der Waals surface area (Å²) in [5.74, 6) is -9.76. The van der Waals surface area contributed by atoms with Gasteiger partial charge in [-0.05, 0) is 68.1 Å². The normalized spacial score (nSPS) is 26.5.